The number of carbonyl (C=O) groups is 1. The van der Waals surface area contributed by atoms with E-state index in [9.17, 15) is 4.79 Å². The second-order valence-corrected chi connectivity index (χ2v) is 5.09. The maximum absolute atomic E-state index is 12.1. The molecule has 23 heavy (non-hydrogen) atoms. The van der Waals surface area contributed by atoms with Gasteiger partial charge in [0.15, 0.2) is 5.76 Å². The summed E-state index contributed by atoms with van der Waals surface area (Å²) >= 11 is 0. The Hall–Kier alpha value is -2.96. The number of nitrogens with zero attached hydrogens (tertiary/aromatic N) is 3. The topological polar surface area (TPSA) is 94.1 Å². The molecular formula is C16H16N4O3. The normalized spacial score (nSPS) is 10.7. The Morgan fingerprint density at radius 1 is 1.26 bits per heavy atom. The van der Waals surface area contributed by atoms with Gasteiger partial charge in [-0.05, 0) is 26.0 Å². The van der Waals surface area contributed by atoms with Crippen LogP contribution in [0.15, 0.2) is 39.7 Å². The smallest absolute Gasteiger partial charge is 0.224 e. The molecule has 3 aromatic rings. The SMILES string of the molecule is Cc1noc(C)c1CC(=O)NCc1nccnc1-c1ccco1. The molecule has 7 heteroatoms. The molecule has 0 aliphatic carbocycles. The van der Waals surface area contributed by atoms with E-state index in [0.29, 0.717) is 22.9 Å². The average Bonchev–Trinajstić information content (AvgIpc) is 3.19. The highest BCUT2D eigenvalue weighted by Gasteiger charge is 2.15. The zero-order valence-corrected chi connectivity index (χ0v) is 12.9. The minimum Gasteiger partial charge on any atom is -0.463 e. The Balaban J connectivity index is 1.68. The number of hydrogen-bond acceptors (Lipinski definition) is 6. The summed E-state index contributed by atoms with van der Waals surface area (Å²) in [7, 11) is 0. The lowest BCUT2D eigenvalue weighted by molar-refractivity contribution is -0.120. The van der Waals surface area contributed by atoms with Gasteiger partial charge < -0.3 is 14.3 Å². The molecule has 118 valence electrons. The zero-order chi connectivity index (χ0) is 16.2. The van der Waals surface area contributed by atoms with Gasteiger partial charge in [0.25, 0.3) is 0 Å². The highest BCUT2D eigenvalue weighted by Crippen LogP contribution is 2.20. The minimum absolute atomic E-state index is 0.129. The third-order valence-corrected chi connectivity index (χ3v) is 3.50. The van der Waals surface area contributed by atoms with E-state index in [-0.39, 0.29) is 18.9 Å². The lowest BCUT2D eigenvalue weighted by atomic mass is 10.1. The fourth-order valence-corrected chi connectivity index (χ4v) is 2.27. The van der Waals surface area contributed by atoms with Crippen molar-refractivity contribution in [2.75, 3.05) is 0 Å². The molecule has 0 aromatic carbocycles. The fourth-order valence-electron chi connectivity index (χ4n) is 2.27. The Bertz CT molecular complexity index is 789. The van der Waals surface area contributed by atoms with E-state index in [0.717, 1.165) is 11.3 Å². The molecule has 1 N–H and O–H groups in total. The third kappa shape index (κ3) is 3.28. The van der Waals surface area contributed by atoms with Crippen molar-refractivity contribution in [1.29, 1.82) is 0 Å². The summed E-state index contributed by atoms with van der Waals surface area (Å²) in [6, 6.07) is 3.59. The van der Waals surface area contributed by atoms with Crippen LogP contribution >= 0.6 is 0 Å². The van der Waals surface area contributed by atoms with Crippen molar-refractivity contribution in [3.05, 3.63) is 53.5 Å². The number of carbonyl (C=O) groups excluding carboxylic acids is 1. The summed E-state index contributed by atoms with van der Waals surface area (Å²) < 4.78 is 10.4. The molecule has 0 fully saturated rings. The van der Waals surface area contributed by atoms with E-state index in [2.05, 4.69) is 20.4 Å². The molecule has 0 atom stereocenters. The molecule has 3 aromatic heterocycles. The van der Waals surface area contributed by atoms with Gasteiger partial charge in [0.05, 0.1) is 30.6 Å². The van der Waals surface area contributed by atoms with Crippen LogP contribution in [0.2, 0.25) is 0 Å². The summed E-state index contributed by atoms with van der Waals surface area (Å²) in [5.74, 6) is 1.15. The molecule has 0 saturated carbocycles. The molecule has 3 rings (SSSR count). The standard InChI is InChI=1S/C16H16N4O3/c1-10-12(11(2)23-20-10)8-15(21)19-9-13-16(18-6-5-17-13)14-4-3-7-22-14/h3-7H,8-9H2,1-2H3,(H,19,21). The van der Waals surface area contributed by atoms with E-state index in [1.54, 1.807) is 37.7 Å². The van der Waals surface area contributed by atoms with E-state index in [4.69, 9.17) is 8.94 Å². The van der Waals surface area contributed by atoms with E-state index < -0.39 is 0 Å². The summed E-state index contributed by atoms with van der Waals surface area (Å²) in [5.41, 5.74) is 2.81. The summed E-state index contributed by atoms with van der Waals surface area (Å²) in [5, 5.41) is 6.69. The highest BCUT2D eigenvalue weighted by atomic mass is 16.5. The Labute approximate surface area is 132 Å². The first kappa shape index (κ1) is 15.0. The quantitative estimate of drug-likeness (QED) is 0.776. The molecule has 0 spiro atoms. The second kappa shape index (κ2) is 6.43. The largest absolute Gasteiger partial charge is 0.463 e. The lowest BCUT2D eigenvalue weighted by Crippen LogP contribution is -2.25. The summed E-state index contributed by atoms with van der Waals surface area (Å²) in [6.45, 7) is 3.88. The van der Waals surface area contributed by atoms with Crippen molar-refractivity contribution in [3.63, 3.8) is 0 Å². The number of aromatic nitrogens is 3. The van der Waals surface area contributed by atoms with Crippen LogP contribution in [-0.2, 0) is 17.8 Å². The van der Waals surface area contributed by atoms with Gasteiger partial charge in [-0.2, -0.15) is 0 Å². The Kier molecular flexibility index (Phi) is 4.18. The first-order valence-electron chi connectivity index (χ1n) is 7.17. The number of hydrogen-bond donors (Lipinski definition) is 1. The maximum atomic E-state index is 12.1. The van der Waals surface area contributed by atoms with Crippen molar-refractivity contribution in [1.82, 2.24) is 20.4 Å². The van der Waals surface area contributed by atoms with Crippen LogP contribution in [0.1, 0.15) is 22.7 Å². The molecular weight excluding hydrogens is 296 g/mol. The van der Waals surface area contributed by atoms with Crippen LogP contribution in [0.4, 0.5) is 0 Å². The second-order valence-electron chi connectivity index (χ2n) is 5.09. The van der Waals surface area contributed by atoms with Crippen molar-refractivity contribution in [2.45, 2.75) is 26.8 Å². The van der Waals surface area contributed by atoms with Crippen molar-refractivity contribution in [3.8, 4) is 11.5 Å². The van der Waals surface area contributed by atoms with Crippen molar-refractivity contribution >= 4 is 5.91 Å². The van der Waals surface area contributed by atoms with Gasteiger partial charge in [-0.15, -0.1) is 0 Å². The van der Waals surface area contributed by atoms with Crippen LogP contribution in [-0.4, -0.2) is 21.0 Å². The highest BCUT2D eigenvalue weighted by molar-refractivity contribution is 5.79. The molecule has 3 heterocycles. The van der Waals surface area contributed by atoms with Gasteiger partial charge in [-0.1, -0.05) is 5.16 Å². The fraction of sp³-hybridized carbons (Fsp3) is 0.250. The Morgan fingerprint density at radius 3 is 2.78 bits per heavy atom. The monoisotopic (exact) mass is 312 g/mol. The molecule has 0 unspecified atom stereocenters. The first-order valence-corrected chi connectivity index (χ1v) is 7.17. The summed E-state index contributed by atoms with van der Waals surface area (Å²) in [6.07, 6.45) is 4.97. The maximum Gasteiger partial charge on any atom is 0.224 e. The third-order valence-electron chi connectivity index (χ3n) is 3.50. The van der Waals surface area contributed by atoms with Gasteiger partial charge in [0, 0.05) is 18.0 Å². The molecule has 0 bridgehead atoms. The Morgan fingerprint density at radius 2 is 2.09 bits per heavy atom. The number of aryl methyl sites for hydroxylation is 2. The number of amides is 1. The molecule has 0 aliphatic rings. The van der Waals surface area contributed by atoms with Gasteiger partial charge in [-0.25, -0.2) is 4.98 Å². The molecule has 1 amide bonds. The first-order chi connectivity index (χ1) is 11.1. The molecule has 0 saturated heterocycles. The number of rotatable bonds is 5. The van der Waals surface area contributed by atoms with Crippen LogP contribution in [0, 0.1) is 13.8 Å². The molecule has 0 radical (unpaired) electrons. The van der Waals surface area contributed by atoms with Gasteiger partial charge in [0.1, 0.15) is 11.5 Å². The van der Waals surface area contributed by atoms with Crippen molar-refractivity contribution in [2.24, 2.45) is 0 Å². The van der Waals surface area contributed by atoms with Crippen molar-refractivity contribution < 1.29 is 13.7 Å². The number of furan rings is 1. The average molecular weight is 312 g/mol. The van der Waals surface area contributed by atoms with E-state index >= 15 is 0 Å². The van der Waals surface area contributed by atoms with Gasteiger partial charge >= 0.3 is 0 Å². The van der Waals surface area contributed by atoms with E-state index in [1.165, 1.54) is 0 Å². The van der Waals surface area contributed by atoms with Crippen LogP contribution in [0.25, 0.3) is 11.5 Å². The molecule has 0 aliphatic heterocycles. The molecule has 7 nitrogen and oxygen atoms in total. The minimum atomic E-state index is -0.129. The van der Waals surface area contributed by atoms with E-state index in [1.807, 2.05) is 6.92 Å². The number of nitrogens with one attached hydrogen (secondary N) is 1. The zero-order valence-electron chi connectivity index (χ0n) is 12.9. The van der Waals surface area contributed by atoms with Crippen LogP contribution < -0.4 is 5.32 Å². The van der Waals surface area contributed by atoms with Crippen LogP contribution in [0.5, 0.6) is 0 Å². The predicted octanol–water partition coefficient (Wildman–Crippen LogP) is 2.20. The van der Waals surface area contributed by atoms with Crippen LogP contribution in [0.3, 0.4) is 0 Å². The summed E-state index contributed by atoms with van der Waals surface area (Å²) in [4.78, 5) is 20.7. The predicted molar refractivity (Wildman–Crippen MR) is 81.3 cm³/mol. The lowest BCUT2D eigenvalue weighted by Gasteiger charge is -2.07. The van der Waals surface area contributed by atoms with Gasteiger partial charge in [-0.3, -0.25) is 9.78 Å². The van der Waals surface area contributed by atoms with Gasteiger partial charge in [0.2, 0.25) is 5.91 Å².